The van der Waals surface area contributed by atoms with Crippen molar-refractivity contribution in [2.24, 2.45) is 11.5 Å². The summed E-state index contributed by atoms with van der Waals surface area (Å²) in [7, 11) is 1.79. The Morgan fingerprint density at radius 2 is 1.28 bits per heavy atom. The minimum absolute atomic E-state index is 0.181. The first-order chi connectivity index (χ1) is 22.7. The van der Waals surface area contributed by atoms with Gasteiger partial charge in [-0.25, -0.2) is 19.0 Å². The van der Waals surface area contributed by atoms with Crippen molar-refractivity contribution < 1.29 is 23.3 Å². The molecule has 0 saturated heterocycles. The van der Waals surface area contributed by atoms with Gasteiger partial charge in [0.2, 0.25) is 11.8 Å². The number of carbonyl (C=O) groups is 2. The number of amides is 2. The summed E-state index contributed by atoms with van der Waals surface area (Å²) >= 11 is 1.58. The highest BCUT2D eigenvalue weighted by Gasteiger charge is 2.20. The van der Waals surface area contributed by atoms with Gasteiger partial charge in [0.05, 0.1) is 64.5 Å². The third-order valence-corrected chi connectivity index (χ3v) is 9.46. The third-order valence-electron chi connectivity index (χ3n) is 7.04. The van der Waals surface area contributed by atoms with Crippen LogP contribution in [0.1, 0.15) is 34.6 Å². The van der Waals surface area contributed by atoms with Crippen LogP contribution in [0.2, 0.25) is 0 Å². The predicted octanol–water partition coefficient (Wildman–Crippen LogP) is 4.25. The Balaban J connectivity index is 0.000000185. The van der Waals surface area contributed by atoms with E-state index in [4.69, 9.17) is 20.9 Å². The van der Waals surface area contributed by atoms with Gasteiger partial charge in [-0.05, 0) is 30.0 Å². The Morgan fingerprint density at radius 1 is 0.766 bits per heavy atom. The highest BCUT2D eigenvalue weighted by Crippen LogP contribution is 2.32. The molecule has 0 fully saturated rings. The lowest BCUT2D eigenvalue weighted by molar-refractivity contribution is 0.0988. The number of nitrogens with two attached hydrogens (primary N) is 2. The van der Waals surface area contributed by atoms with Crippen LogP contribution >= 0.6 is 11.8 Å². The Hall–Kier alpha value is -5.28. The number of aromatic nitrogens is 6. The Labute approximate surface area is 276 Å². The Bertz CT molecular complexity index is 2090. The van der Waals surface area contributed by atoms with Crippen LogP contribution in [0.3, 0.4) is 0 Å². The molecular weight excluding hydrogens is 641 g/mol. The molecule has 0 aromatic carbocycles. The predicted molar refractivity (Wildman–Crippen MR) is 180 cm³/mol. The first kappa shape index (κ1) is 33.1. The molecule has 1 unspecified atom stereocenters. The summed E-state index contributed by atoms with van der Waals surface area (Å²) in [6.07, 6.45) is 10.00. The fourth-order valence-electron chi connectivity index (χ4n) is 4.76. The van der Waals surface area contributed by atoms with Crippen molar-refractivity contribution in [1.29, 1.82) is 0 Å². The van der Waals surface area contributed by atoms with Gasteiger partial charge in [0.15, 0.2) is 0 Å². The van der Waals surface area contributed by atoms with E-state index in [1.165, 1.54) is 12.4 Å². The molecule has 2 amide bonds. The standard InChI is InChI=1S/C16H16N4O3S.C16H16N4O2S/c1-3-24(22)15-12(16(17)21)8-19-20-9-11(6-13(15)20)10-4-5-14(23-2)18-7-10;1-3-23-15-12(16(17)21)8-19-20-9-11(6-13(15)20)10-4-5-14(22-2)18-7-10/h4-9H,3H2,1-2H3,(H2,17,21);4-9H,3H2,1-2H3,(H2,17,21). The number of thioether (sulfide) groups is 1. The molecule has 6 aromatic heterocycles. The zero-order valence-corrected chi connectivity index (χ0v) is 27.7. The monoisotopic (exact) mass is 672 g/mol. The van der Waals surface area contributed by atoms with Crippen molar-refractivity contribution in [2.45, 2.75) is 23.6 Å². The van der Waals surface area contributed by atoms with E-state index in [2.05, 4.69) is 20.2 Å². The molecule has 0 aliphatic rings. The second-order valence-corrected chi connectivity index (χ2v) is 12.8. The molecule has 47 heavy (non-hydrogen) atoms. The highest BCUT2D eigenvalue weighted by molar-refractivity contribution is 7.99. The Kier molecular flexibility index (Phi) is 10.2. The SMILES string of the molecule is CCS(=O)c1c(C(N)=O)cnn2cc(-c3ccc(OC)nc3)cc12.CCSc1c(C(N)=O)cnn2cc(-c3ccc(OC)nc3)cc12. The number of methoxy groups -OCH3 is 2. The number of fused-ring (bicyclic) bond motifs is 2. The average Bonchev–Trinajstić information content (AvgIpc) is 3.73. The van der Waals surface area contributed by atoms with E-state index >= 15 is 0 Å². The van der Waals surface area contributed by atoms with Crippen molar-refractivity contribution in [3.05, 3.63) is 84.7 Å². The molecule has 4 N–H and O–H groups in total. The topological polar surface area (TPSA) is 182 Å². The molecule has 6 aromatic rings. The minimum Gasteiger partial charge on any atom is -0.481 e. The molecule has 6 rings (SSSR count). The van der Waals surface area contributed by atoms with E-state index in [1.807, 2.05) is 43.5 Å². The van der Waals surface area contributed by atoms with E-state index in [-0.39, 0.29) is 5.56 Å². The van der Waals surface area contributed by atoms with Crippen LogP contribution < -0.4 is 20.9 Å². The summed E-state index contributed by atoms with van der Waals surface area (Å²) < 4.78 is 25.9. The molecule has 0 aliphatic heterocycles. The van der Waals surface area contributed by atoms with Crippen LogP contribution in [0.5, 0.6) is 11.8 Å². The van der Waals surface area contributed by atoms with Crippen LogP contribution in [0, 0.1) is 0 Å². The lowest BCUT2D eigenvalue weighted by Crippen LogP contribution is -2.16. The van der Waals surface area contributed by atoms with Crippen LogP contribution in [-0.2, 0) is 10.8 Å². The number of nitrogens with zero attached hydrogens (tertiary/aromatic N) is 6. The average molecular weight is 673 g/mol. The maximum Gasteiger partial charge on any atom is 0.251 e. The summed E-state index contributed by atoms with van der Waals surface area (Å²) in [4.78, 5) is 32.9. The number of rotatable bonds is 10. The third kappa shape index (κ3) is 6.95. The summed E-state index contributed by atoms with van der Waals surface area (Å²) in [5, 5.41) is 8.48. The van der Waals surface area contributed by atoms with Gasteiger partial charge in [0, 0.05) is 69.8 Å². The molecule has 0 spiro atoms. The zero-order chi connectivity index (χ0) is 33.7. The van der Waals surface area contributed by atoms with E-state index < -0.39 is 22.6 Å². The molecule has 0 radical (unpaired) electrons. The molecule has 1 atom stereocenters. The fraction of sp³-hybridized carbons (Fsp3) is 0.188. The molecule has 15 heteroatoms. The molecule has 13 nitrogen and oxygen atoms in total. The van der Waals surface area contributed by atoms with Crippen molar-refractivity contribution >= 4 is 45.4 Å². The normalized spacial score (nSPS) is 11.6. The van der Waals surface area contributed by atoms with Gasteiger partial charge >= 0.3 is 0 Å². The molecule has 6 heterocycles. The van der Waals surface area contributed by atoms with Gasteiger partial charge in [-0.2, -0.15) is 10.2 Å². The number of hydrogen-bond acceptors (Lipinski definition) is 10. The van der Waals surface area contributed by atoms with E-state index in [9.17, 15) is 13.8 Å². The quantitative estimate of drug-likeness (QED) is 0.200. The summed E-state index contributed by atoms with van der Waals surface area (Å²) in [5.41, 5.74) is 16.6. The largest absolute Gasteiger partial charge is 0.481 e. The van der Waals surface area contributed by atoms with Gasteiger partial charge in [0.25, 0.3) is 11.8 Å². The Morgan fingerprint density at radius 3 is 1.72 bits per heavy atom. The second-order valence-electron chi connectivity index (χ2n) is 9.87. The van der Waals surface area contributed by atoms with Crippen molar-refractivity contribution in [2.75, 3.05) is 25.7 Å². The molecule has 0 saturated carbocycles. The molecular formula is C32H32N8O5S2. The molecule has 242 valence electrons. The van der Waals surface area contributed by atoms with Crippen LogP contribution in [0.25, 0.3) is 33.3 Å². The first-order valence-electron chi connectivity index (χ1n) is 14.3. The minimum atomic E-state index is -1.34. The number of pyridine rings is 2. The lowest BCUT2D eigenvalue weighted by Gasteiger charge is -2.07. The van der Waals surface area contributed by atoms with Crippen molar-refractivity contribution in [3.8, 4) is 34.0 Å². The van der Waals surface area contributed by atoms with Gasteiger partial charge in [-0.1, -0.05) is 13.8 Å². The van der Waals surface area contributed by atoms with Crippen LogP contribution in [0.15, 0.2) is 83.4 Å². The van der Waals surface area contributed by atoms with E-state index in [0.717, 1.165) is 38.4 Å². The van der Waals surface area contributed by atoms with Crippen molar-refractivity contribution in [1.82, 2.24) is 29.2 Å². The summed E-state index contributed by atoms with van der Waals surface area (Å²) in [6.45, 7) is 3.82. The number of hydrogen-bond donors (Lipinski definition) is 2. The first-order valence-corrected chi connectivity index (χ1v) is 16.6. The lowest BCUT2D eigenvalue weighted by atomic mass is 10.1. The van der Waals surface area contributed by atoms with Gasteiger partial charge in [0.1, 0.15) is 0 Å². The number of ether oxygens (including phenoxy) is 2. The second kappa shape index (κ2) is 14.4. The van der Waals surface area contributed by atoms with Gasteiger partial charge in [-0.15, -0.1) is 11.8 Å². The smallest absolute Gasteiger partial charge is 0.251 e. The number of carbonyl (C=O) groups excluding carboxylic acids is 2. The maximum absolute atomic E-state index is 12.4. The van der Waals surface area contributed by atoms with Gasteiger partial charge in [-0.3, -0.25) is 13.8 Å². The van der Waals surface area contributed by atoms with Crippen LogP contribution in [0.4, 0.5) is 0 Å². The van der Waals surface area contributed by atoms with E-state index in [1.54, 1.807) is 66.6 Å². The van der Waals surface area contributed by atoms with Crippen LogP contribution in [-0.4, -0.2) is 70.9 Å². The zero-order valence-electron chi connectivity index (χ0n) is 26.0. The van der Waals surface area contributed by atoms with E-state index in [0.29, 0.717) is 33.5 Å². The fourth-order valence-corrected chi connectivity index (χ4v) is 6.73. The molecule has 0 aliphatic carbocycles. The maximum atomic E-state index is 12.4. The highest BCUT2D eigenvalue weighted by atomic mass is 32.2. The van der Waals surface area contributed by atoms with Gasteiger partial charge < -0.3 is 20.9 Å². The number of primary amides is 2. The van der Waals surface area contributed by atoms with Crippen molar-refractivity contribution in [3.63, 3.8) is 0 Å². The molecule has 0 bridgehead atoms. The summed E-state index contributed by atoms with van der Waals surface area (Å²) in [6, 6.07) is 11.2. The summed E-state index contributed by atoms with van der Waals surface area (Å²) in [5.74, 6) is 1.19.